The highest BCUT2D eigenvalue weighted by molar-refractivity contribution is 7.99. The van der Waals surface area contributed by atoms with Crippen LogP contribution in [0.5, 0.6) is 0 Å². The van der Waals surface area contributed by atoms with Crippen LogP contribution in [0.15, 0.2) is 24.3 Å². The molecule has 1 amide bonds. The second kappa shape index (κ2) is 9.91. The van der Waals surface area contributed by atoms with E-state index < -0.39 is 12.0 Å². The Morgan fingerprint density at radius 3 is 2.46 bits per heavy atom. The summed E-state index contributed by atoms with van der Waals surface area (Å²) in [4.78, 5) is 23.1. The Labute approximate surface area is 152 Å². The SMILES string of the molecule is CC(C)(C)OCCC(NC(=O)CSCc1ccc(Cl)cc1)C(=O)O. The molecule has 1 rings (SSSR count). The first kappa shape index (κ1) is 20.8. The molecule has 0 saturated heterocycles. The Morgan fingerprint density at radius 1 is 1.29 bits per heavy atom. The molecule has 7 heteroatoms. The second-order valence-electron chi connectivity index (χ2n) is 6.33. The fraction of sp³-hybridized carbons (Fsp3) is 0.529. The zero-order chi connectivity index (χ0) is 18.2. The molecule has 1 atom stereocenters. The number of hydrogen-bond acceptors (Lipinski definition) is 4. The van der Waals surface area contributed by atoms with Crippen molar-refractivity contribution in [3.05, 3.63) is 34.9 Å². The molecule has 24 heavy (non-hydrogen) atoms. The van der Waals surface area contributed by atoms with E-state index in [1.165, 1.54) is 11.8 Å². The predicted octanol–water partition coefficient (Wildman–Crippen LogP) is 3.35. The van der Waals surface area contributed by atoms with Crippen LogP contribution in [0.25, 0.3) is 0 Å². The van der Waals surface area contributed by atoms with Gasteiger partial charge in [0.15, 0.2) is 0 Å². The van der Waals surface area contributed by atoms with Crippen LogP contribution in [0.2, 0.25) is 5.02 Å². The van der Waals surface area contributed by atoms with Gasteiger partial charge in [-0.25, -0.2) is 4.79 Å². The third kappa shape index (κ3) is 9.15. The van der Waals surface area contributed by atoms with Gasteiger partial charge >= 0.3 is 5.97 Å². The third-order valence-corrected chi connectivity index (χ3v) is 4.25. The number of nitrogens with one attached hydrogen (secondary N) is 1. The first-order valence-electron chi connectivity index (χ1n) is 7.66. The minimum absolute atomic E-state index is 0.201. The molecule has 0 saturated carbocycles. The Hall–Kier alpha value is -1.24. The molecular formula is C17H24ClNO4S. The van der Waals surface area contributed by atoms with E-state index >= 15 is 0 Å². The minimum Gasteiger partial charge on any atom is -0.480 e. The topological polar surface area (TPSA) is 75.6 Å². The molecule has 0 aromatic heterocycles. The molecule has 134 valence electrons. The molecule has 0 fully saturated rings. The van der Waals surface area contributed by atoms with Crippen LogP contribution in [0.1, 0.15) is 32.8 Å². The van der Waals surface area contributed by atoms with Crippen molar-refractivity contribution >= 4 is 35.2 Å². The van der Waals surface area contributed by atoms with E-state index in [9.17, 15) is 14.7 Å². The molecule has 1 aromatic rings. The summed E-state index contributed by atoms with van der Waals surface area (Å²) < 4.78 is 5.51. The summed E-state index contributed by atoms with van der Waals surface area (Å²) in [5.74, 6) is -0.483. The number of halogens is 1. The van der Waals surface area contributed by atoms with E-state index in [2.05, 4.69) is 5.32 Å². The van der Waals surface area contributed by atoms with Gasteiger partial charge in [0.2, 0.25) is 5.91 Å². The van der Waals surface area contributed by atoms with Gasteiger partial charge in [0, 0.05) is 23.8 Å². The van der Waals surface area contributed by atoms with Crippen molar-refractivity contribution in [1.29, 1.82) is 0 Å². The highest BCUT2D eigenvalue weighted by atomic mass is 35.5. The second-order valence-corrected chi connectivity index (χ2v) is 7.75. The molecule has 2 N–H and O–H groups in total. The highest BCUT2D eigenvalue weighted by Gasteiger charge is 2.21. The van der Waals surface area contributed by atoms with E-state index in [4.69, 9.17) is 16.3 Å². The lowest BCUT2D eigenvalue weighted by atomic mass is 10.2. The number of carbonyl (C=O) groups excluding carboxylic acids is 1. The van der Waals surface area contributed by atoms with Gasteiger partial charge in [0.1, 0.15) is 6.04 Å². The summed E-state index contributed by atoms with van der Waals surface area (Å²) in [5, 5.41) is 12.4. The number of rotatable bonds is 9. The molecule has 0 aliphatic carbocycles. The normalized spacial score (nSPS) is 12.7. The number of carboxylic acids is 1. The lowest BCUT2D eigenvalue weighted by Gasteiger charge is -2.21. The average Bonchev–Trinajstić information content (AvgIpc) is 2.47. The molecule has 5 nitrogen and oxygen atoms in total. The smallest absolute Gasteiger partial charge is 0.326 e. The summed E-state index contributed by atoms with van der Waals surface area (Å²) in [6, 6.07) is 6.46. The zero-order valence-electron chi connectivity index (χ0n) is 14.2. The van der Waals surface area contributed by atoms with Crippen LogP contribution in [-0.4, -0.2) is 41.0 Å². The van der Waals surface area contributed by atoms with Gasteiger partial charge in [0.25, 0.3) is 0 Å². The quantitative estimate of drug-likeness (QED) is 0.694. The number of aliphatic carboxylic acids is 1. The van der Waals surface area contributed by atoms with Crippen molar-refractivity contribution in [2.24, 2.45) is 0 Å². The molecule has 0 heterocycles. The van der Waals surface area contributed by atoms with Crippen molar-refractivity contribution < 1.29 is 19.4 Å². The molecule has 0 spiro atoms. The number of carboxylic acid groups (broad SMARTS) is 1. The Balaban J connectivity index is 2.34. The Kier molecular flexibility index (Phi) is 8.59. The van der Waals surface area contributed by atoms with Crippen LogP contribution in [0.3, 0.4) is 0 Å². The Morgan fingerprint density at radius 2 is 1.92 bits per heavy atom. The van der Waals surface area contributed by atoms with Crippen LogP contribution in [0.4, 0.5) is 0 Å². The first-order valence-corrected chi connectivity index (χ1v) is 9.19. The Bertz CT molecular complexity index is 543. The van der Waals surface area contributed by atoms with E-state index in [-0.39, 0.29) is 30.3 Å². The molecular weight excluding hydrogens is 350 g/mol. The third-order valence-electron chi connectivity index (χ3n) is 2.99. The lowest BCUT2D eigenvalue weighted by Crippen LogP contribution is -2.42. The van der Waals surface area contributed by atoms with E-state index in [1.807, 2.05) is 32.9 Å². The standard InChI is InChI=1S/C17H24ClNO4S/c1-17(2,3)23-9-8-14(16(21)22)19-15(20)11-24-10-12-4-6-13(18)7-5-12/h4-7,14H,8-11H2,1-3H3,(H,19,20)(H,21,22). The summed E-state index contributed by atoms with van der Waals surface area (Å²) in [6.45, 7) is 5.97. The molecule has 0 bridgehead atoms. The largest absolute Gasteiger partial charge is 0.480 e. The van der Waals surface area contributed by atoms with Gasteiger partial charge < -0.3 is 15.2 Å². The minimum atomic E-state index is -1.05. The van der Waals surface area contributed by atoms with Crippen molar-refractivity contribution in [2.45, 2.75) is 44.6 Å². The number of carbonyl (C=O) groups is 2. The average molecular weight is 374 g/mol. The maximum absolute atomic E-state index is 11.9. The maximum atomic E-state index is 11.9. The lowest BCUT2D eigenvalue weighted by molar-refractivity contribution is -0.142. The van der Waals surface area contributed by atoms with E-state index in [0.717, 1.165) is 5.56 Å². The first-order chi connectivity index (χ1) is 11.2. The van der Waals surface area contributed by atoms with Gasteiger partial charge in [-0.15, -0.1) is 11.8 Å². The predicted molar refractivity (Wildman–Crippen MR) is 97.5 cm³/mol. The van der Waals surface area contributed by atoms with Crippen LogP contribution >= 0.6 is 23.4 Å². The van der Waals surface area contributed by atoms with Crippen molar-refractivity contribution in [2.75, 3.05) is 12.4 Å². The van der Waals surface area contributed by atoms with Crippen molar-refractivity contribution in [3.8, 4) is 0 Å². The fourth-order valence-corrected chi connectivity index (χ4v) is 2.74. The summed E-state index contributed by atoms with van der Waals surface area (Å²) in [7, 11) is 0. The number of thioether (sulfide) groups is 1. The van der Waals surface area contributed by atoms with E-state index in [1.54, 1.807) is 12.1 Å². The number of amides is 1. The summed E-state index contributed by atoms with van der Waals surface area (Å²) in [5.41, 5.74) is 0.729. The van der Waals surface area contributed by atoms with Gasteiger partial charge in [-0.05, 0) is 38.5 Å². The molecule has 0 aliphatic rings. The highest BCUT2D eigenvalue weighted by Crippen LogP contribution is 2.15. The molecule has 1 aromatic carbocycles. The van der Waals surface area contributed by atoms with Gasteiger partial charge in [0.05, 0.1) is 11.4 Å². The number of benzene rings is 1. The fourth-order valence-electron chi connectivity index (χ4n) is 1.82. The van der Waals surface area contributed by atoms with Crippen LogP contribution in [0, 0.1) is 0 Å². The van der Waals surface area contributed by atoms with Crippen molar-refractivity contribution in [3.63, 3.8) is 0 Å². The summed E-state index contributed by atoms with van der Waals surface area (Å²) >= 11 is 7.24. The van der Waals surface area contributed by atoms with E-state index in [0.29, 0.717) is 10.8 Å². The molecule has 0 aliphatic heterocycles. The van der Waals surface area contributed by atoms with Crippen molar-refractivity contribution in [1.82, 2.24) is 5.32 Å². The van der Waals surface area contributed by atoms with Gasteiger partial charge in [-0.2, -0.15) is 0 Å². The monoisotopic (exact) mass is 373 g/mol. The zero-order valence-corrected chi connectivity index (χ0v) is 15.7. The molecule has 0 radical (unpaired) electrons. The molecule has 1 unspecified atom stereocenters. The van der Waals surface area contributed by atoms with Gasteiger partial charge in [-0.1, -0.05) is 23.7 Å². The van der Waals surface area contributed by atoms with Crippen LogP contribution in [-0.2, 0) is 20.1 Å². The number of ether oxygens (including phenoxy) is 1. The van der Waals surface area contributed by atoms with Crippen LogP contribution < -0.4 is 5.32 Å². The maximum Gasteiger partial charge on any atom is 0.326 e. The summed E-state index contributed by atoms with van der Waals surface area (Å²) in [6.07, 6.45) is 0.236. The van der Waals surface area contributed by atoms with Gasteiger partial charge in [-0.3, -0.25) is 4.79 Å². The number of hydrogen-bond donors (Lipinski definition) is 2.